The third-order valence-corrected chi connectivity index (χ3v) is 4.09. The van der Waals surface area contributed by atoms with Crippen molar-refractivity contribution in [3.05, 3.63) is 35.4 Å². The normalized spacial score (nSPS) is 13.8. The fourth-order valence-electron chi connectivity index (χ4n) is 2.81. The van der Waals surface area contributed by atoms with E-state index in [0.717, 1.165) is 38.3 Å². The summed E-state index contributed by atoms with van der Waals surface area (Å²) in [4.78, 5) is 4.73. The average Bonchev–Trinajstić information content (AvgIpc) is 2.53. The summed E-state index contributed by atoms with van der Waals surface area (Å²) < 4.78 is 0. The number of halogens is 1. The van der Waals surface area contributed by atoms with Gasteiger partial charge in [-0.25, -0.2) is 0 Å². The summed E-state index contributed by atoms with van der Waals surface area (Å²) in [6.45, 7) is 10.4. The third-order valence-electron chi connectivity index (χ3n) is 4.09. The SMILES string of the molecule is CCCC(CCO)CN=C(NCC)NC(C)c1ccccc1C.I. The number of guanidine groups is 1. The Bertz CT molecular complexity index is 473. The molecule has 0 aliphatic rings. The monoisotopic (exact) mass is 447 g/mol. The molecule has 24 heavy (non-hydrogen) atoms. The fourth-order valence-corrected chi connectivity index (χ4v) is 2.81. The van der Waals surface area contributed by atoms with Gasteiger partial charge in [0.1, 0.15) is 0 Å². The second kappa shape index (κ2) is 13.5. The minimum Gasteiger partial charge on any atom is -0.396 e. The van der Waals surface area contributed by atoms with Crippen molar-refractivity contribution in [2.75, 3.05) is 19.7 Å². The van der Waals surface area contributed by atoms with Crippen LogP contribution in [0, 0.1) is 12.8 Å². The van der Waals surface area contributed by atoms with Gasteiger partial charge >= 0.3 is 0 Å². The molecule has 0 radical (unpaired) electrons. The number of hydrogen-bond acceptors (Lipinski definition) is 2. The van der Waals surface area contributed by atoms with E-state index >= 15 is 0 Å². The molecule has 1 aromatic carbocycles. The maximum atomic E-state index is 9.18. The van der Waals surface area contributed by atoms with Gasteiger partial charge in [-0.2, -0.15) is 0 Å². The number of aliphatic hydroxyl groups is 1. The summed E-state index contributed by atoms with van der Waals surface area (Å²) in [6, 6.07) is 8.63. The molecule has 1 aromatic rings. The number of rotatable bonds is 9. The van der Waals surface area contributed by atoms with Crippen molar-refractivity contribution < 1.29 is 5.11 Å². The van der Waals surface area contributed by atoms with Crippen LogP contribution in [0.4, 0.5) is 0 Å². The van der Waals surface area contributed by atoms with Gasteiger partial charge in [0.25, 0.3) is 0 Å². The first-order valence-electron chi connectivity index (χ1n) is 8.83. The molecule has 1 rings (SSSR count). The molecule has 0 saturated heterocycles. The van der Waals surface area contributed by atoms with Gasteiger partial charge in [0.15, 0.2) is 5.96 Å². The summed E-state index contributed by atoms with van der Waals surface area (Å²) in [7, 11) is 0. The minimum atomic E-state index is 0. The van der Waals surface area contributed by atoms with E-state index in [0.29, 0.717) is 5.92 Å². The maximum absolute atomic E-state index is 9.18. The van der Waals surface area contributed by atoms with Gasteiger partial charge in [-0.1, -0.05) is 37.6 Å². The molecule has 0 bridgehead atoms. The van der Waals surface area contributed by atoms with Gasteiger partial charge in [-0.3, -0.25) is 4.99 Å². The van der Waals surface area contributed by atoms with Gasteiger partial charge in [0, 0.05) is 19.7 Å². The predicted molar refractivity (Wildman–Crippen MR) is 114 cm³/mol. The molecule has 0 amide bonds. The van der Waals surface area contributed by atoms with Crippen molar-refractivity contribution in [2.24, 2.45) is 10.9 Å². The third kappa shape index (κ3) is 8.33. The smallest absolute Gasteiger partial charge is 0.191 e. The molecule has 5 heteroatoms. The van der Waals surface area contributed by atoms with Crippen molar-refractivity contribution in [3.63, 3.8) is 0 Å². The van der Waals surface area contributed by atoms with Crippen LogP contribution in [-0.4, -0.2) is 30.8 Å². The van der Waals surface area contributed by atoms with Crippen molar-refractivity contribution in [2.45, 2.75) is 53.0 Å². The van der Waals surface area contributed by atoms with E-state index in [4.69, 9.17) is 4.99 Å². The highest BCUT2D eigenvalue weighted by Gasteiger charge is 2.11. The Kier molecular flexibility index (Phi) is 13.0. The molecule has 0 saturated carbocycles. The Labute approximate surface area is 164 Å². The second-order valence-electron chi connectivity index (χ2n) is 6.11. The highest BCUT2D eigenvalue weighted by molar-refractivity contribution is 14.0. The van der Waals surface area contributed by atoms with Crippen LogP contribution in [0.2, 0.25) is 0 Å². The van der Waals surface area contributed by atoms with Gasteiger partial charge in [0.2, 0.25) is 0 Å². The van der Waals surface area contributed by atoms with E-state index < -0.39 is 0 Å². The Morgan fingerprint density at radius 3 is 2.50 bits per heavy atom. The lowest BCUT2D eigenvalue weighted by molar-refractivity contribution is 0.253. The van der Waals surface area contributed by atoms with Crippen LogP contribution in [0.25, 0.3) is 0 Å². The summed E-state index contributed by atoms with van der Waals surface area (Å²) in [5, 5.41) is 16.0. The van der Waals surface area contributed by atoms with Gasteiger partial charge < -0.3 is 15.7 Å². The van der Waals surface area contributed by atoms with Gasteiger partial charge in [-0.05, 0) is 50.7 Å². The Morgan fingerprint density at radius 2 is 1.92 bits per heavy atom. The van der Waals surface area contributed by atoms with E-state index in [1.807, 2.05) is 0 Å². The number of nitrogens with one attached hydrogen (secondary N) is 2. The van der Waals surface area contributed by atoms with Crippen molar-refractivity contribution in [1.82, 2.24) is 10.6 Å². The summed E-state index contributed by atoms with van der Waals surface area (Å²) >= 11 is 0. The first-order chi connectivity index (χ1) is 11.1. The quantitative estimate of drug-likeness (QED) is 0.305. The molecule has 2 atom stereocenters. The minimum absolute atomic E-state index is 0. The molecule has 4 nitrogen and oxygen atoms in total. The van der Waals surface area contributed by atoms with Crippen LogP contribution in [0.15, 0.2) is 29.3 Å². The van der Waals surface area contributed by atoms with E-state index in [9.17, 15) is 5.11 Å². The lowest BCUT2D eigenvalue weighted by Gasteiger charge is -2.20. The molecule has 0 fully saturated rings. The molecule has 0 aliphatic heterocycles. The number of hydrogen-bond donors (Lipinski definition) is 3. The zero-order valence-corrected chi connectivity index (χ0v) is 17.8. The first kappa shape index (κ1) is 23.2. The fraction of sp³-hybridized carbons (Fsp3) is 0.632. The van der Waals surface area contributed by atoms with E-state index in [1.165, 1.54) is 11.1 Å². The molecule has 0 heterocycles. The summed E-state index contributed by atoms with van der Waals surface area (Å²) in [5.41, 5.74) is 2.58. The lowest BCUT2D eigenvalue weighted by atomic mass is 10.0. The molecule has 3 N–H and O–H groups in total. The second-order valence-corrected chi connectivity index (χ2v) is 6.11. The van der Waals surface area contributed by atoms with E-state index in [-0.39, 0.29) is 36.6 Å². The molecular formula is C19H34IN3O. The summed E-state index contributed by atoms with van der Waals surface area (Å²) in [5.74, 6) is 1.30. The molecule has 138 valence electrons. The van der Waals surface area contributed by atoms with Crippen LogP contribution < -0.4 is 10.6 Å². The maximum Gasteiger partial charge on any atom is 0.191 e. The van der Waals surface area contributed by atoms with Crippen molar-refractivity contribution in [1.29, 1.82) is 0 Å². The van der Waals surface area contributed by atoms with E-state index in [2.05, 4.69) is 62.6 Å². The Morgan fingerprint density at radius 1 is 1.21 bits per heavy atom. The van der Waals surface area contributed by atoms with Crippen LogP contribution in [0.1, 0.15) is 57.2 Å². The van der Waals surface area contributed by atoms with Crippen LogP contribution >= 0.6 is 24.0 Å². The first-order valence-corrected chi connectivity index (χ1v) is 8.83. The van der Waals surface area contributed by atoms with Crippen molar-refractivity contribution >= 4 is 29.9 Å². The zero-order valence-electron chi connectivity index (χ0n) is 15.5. The number of nitrogens with zero attached hydrogens (tertiary/aromatic N) is 1. The molecular weight excluding hydrogens is 413 g/mol. The van der Waals surface area contributed by atoms with Crippen LogP contribution in [0.3, 0.4) is 0 Å². The molecule has 0 aliphatic carbocycles. The molecule has 0 aromatic heterocycles. The Hall–Kier alpha value is -0.820. The average molecular weight is 447 g/mol. The molecule has 0 spiro atoms. The highest BCUT2D eigenvalue weighted by atomic mass is 127. The topological polar surface area (TPSA) is 56.7 Å². The van der Waals surface area contributed by atoms with Crippen LogP contribution in [0.5, 0.6) is 0 Å². The number of aliphatic imine (C=N–C) groups is 1. The van der Waals surface area contributed by atoms with Gasteiger partial charge in [-0.15, -0.1) is 24.0 Å². The Balaban J connectivity index is 0.00000529. The largest absolute Gasteiger partial charge is 0.396 e. The van der Waals surface area contributed by atoms with Crippen molar-refractivity contribution in [3.8, 4) is 0 Å². The van der Waals surface area contributed by atoms with Gasteiger partial charge in [0.05, 0.1) is 6.04 Å². The van der Waals surface area contributed by atoms with Crippen LogP contribution in [-0.2, 0) is 0 Å². The lowest BCUT2D eigenvalue weighted by Crippen LogP contribution is -2.39. The zero-order chi connectivity index (χ0) is 17.1. The highest BCUT2D eigenvalue weighted by Crippen LogP contribution is 2.16. The number of aliphatic hydroxyl groups excluding tert-OH is 1. The number of aryl methyl sites for hydroxylation is 1. The standard InChI is InChI=1S/C19H33N3O.HI/c1-5-9-17(12-13-23)14-21-19(20-6-2)22-16(4)18-11-8-7-10-15(18)3;/h7-8,10-11,16-17,23H,5-6,9,12-14H2,1-4H3,(H2,20,21,22);1H. The predicted octanol–water partition coefficient (Wildman–Crippen LogP) is 4.03. The summed E-state index contributed by atoms with van der Waals surface area (Å²) in [6.07, 6.45) is 3.06. The van der Waals surface area contributed by atoms with E-state index in [1.54, 1.807) is 0 Å². The number of benzene rings is 1. The molecule has 2 unspecified atom stereocenters.